The lowest BCUT2D eigenvalue weighted by Gasteiger charge is -2.08. The molecule has 2 rings (SSSR count). The lowest BCUT2D eigenvalue weighted by Crippen LogP contribution is -2.23. The smallest absolute Gasteiger partial charge is 0.220 e. The maximum Gasteiger partial charge on any atom is 0.220 e. The van der Waals surface area contributed by atoms with Crippen molar-refractivity contribution >= 4 is 33.2 Å². The summed E-state index contributed by atoms with van der Waals surface area (Å²) in [5.41, 5.74) is 0. The Labute approximate surface area is 114 Å². The molecule has 1 amide bonds. The fourth-order valence-electron chi connectivity index (χ4n) is 1.88. The van der Waals surface area contributed by atoms with Crippen molar-refractivity contribution in [3.8, 4) is 0 Å². The first-order valence-corrected chi connectivity index (χ1v) is 7.47. The van der Waals surface area contributed by atoms with Crippen molar-refractivity contribution in [2.24, 2.45) is 0 Å². The summed E-state index contributed by atoms with van der Waals surface area (Å²) in [6.45, 7) is 1.48. The standard InChI is InChI=1S/C12H16BrNO2S/c13-11-5-4-10(17-11)8-14-12(15)6-3-9-2-1-7-16-9/h4-5,9H,1-3,6-8H2,(H,14,15). The number of halogens is 1. The quantitative estimate of drug-likeness (QED) is 0.906. The number of hydrogen-bond acceptors (Lipinski definition) is 3. The van der Waals surface area contributed by atoms with Gasteiger partial charge in [0, 0.05) is 17.9 Å². The highest BCUT2D eigenvalue weighted by Crippen LogP contribution is 2.22. The number of amides is 1. The van der Waals surface area contributed by atoms with Crippen LogP contribution in [0, 0.1) is 0 Å². The highest BCUT2D eigenvalue weighted by Gasteiger charge is 2.16. The number of thiophene rings is 1. The predicted octanol–water partition coefficient (Wildman–Crippen LogP) is 3.09. The minimum Gasteiger partial charge on any atom is -0.378 e. The predicted molar refractivity (Wildman–Crippen MR) is 72.1 cm³/mol. The van der Waals surface area contributed by atoms with Crippen LogP contribution in [0.5, 0.6) is 0 Å². The molecule has 0 spiro atoms. The average molecular weight is 318 g/mol. The van der Waals surface area contributed by atoms with Crippen LogP contribution in [0.25, 0.3) is 0 Å². The van der Waals surface area contributed by atoms with Crippen LogP contribution in [0.3, 0.4) is 0 Å². The van der Waals surface area contributed by atoms with Crippen LogP contribution in [0.15, 0.2) is 15.9 Å². The molecule has 1 aromatic rings. The highest BCUT2D eigenvalue weighted by molar-refractivity contribution is 9.11. The SMILES string of the molecule is O=C(CCC1CCCO1)NCc1ccc(Br)s1. The summed E-state index contributed by atoms with van der Waals surface area (Å²) in [7, 11) is 0. The Morgan fingerprint density at radius 1 is 1.59 bits per heavy atom. The third-order valence-corrected chi connectivity index (χ3v) is 4.43. The lowest BCUT2D eigenvalue weighted by atomic mass is 10.1. The van der Waals surface area contributed by atoms with Crippen molar-refractivity contribution in [3.05, 3.63) is 20.8 Å². The highest BCUT2D eigenvalue weighted by atomic mass is 79.9. The molecule has 17 heavy (non-hydrogen) atoms. The first kappa shape index (κ1) is 13.1. The molecule has 0 bridgehead atoms. The molecule has 1 fully saturated rings. The van der Waals surface area contributed by atoms with E-state index in [1.807, 2.05) is 12.1 Å². The summed E-state index contributed by atoms with van der Waals surface area (Å²) in [4.78, 5) is 12.8. The number of ether oxygens (including phenoxy) is 1. The molecule has 0 radical (unpaired) electrons. The summed E-state index contributed by atoms with van der Waals surface area (Å²) in [5, 5.41) is 2.93. The van der Waals surface area contributed by atoms with Gasteiger partial charge in [0.25, 0.3) is 0 Å². The van der Waals surface area contributed by atoms with Crippen LogP contribution in [0.4, 0.5) is 0 Å². The third kappa shape index (κ3) is 4.41. The van der Waals surface area contributed by atoms with Crippen LogP contribution >= 0.6 is 27.3 Å². The zero-order valence-corrected chi connectivity index (χ0v) is 12.0. The number of rotatable bonds is 5. The van der Waals surface area contributed by atoms with E-state index in [1.54, 1.807) is 11.3 Å². The maximum atomic E-state index is 11.6. The van der Waals surface area contributed by atoms with Gasteiger partial charge in [0.15, 0.2) is 0 Å². The average Bonchev–Trinajstić information content (AvgIpc) is 2.95. The van der Waals surface area contributed by atoms with Crippen LogP contribution in [-0.2, 0) is 16.1 Å². The van der Waals surface area contributed by atoms with Crippen LogP contribution in [-0.4, -0.2) is 18.6 Å². The molecule has 1 aliphatic rings. The fourth-order valence-corrected chi connectivity index (χ4v) is 3.31. The molecule has 0 aliphatic carbocycles. The second-order valence-corrected chi connectivity index (χ2v) is 6.70. The molecule has 0 aromatic carbocycles. The van der Waals surface area contributed by atoms with Crippen molar-refractivity contribution in [2.45, 2.75) is 38.3 Å². The topological polar surface area (TPSA) is 38.3 Å². The van der Waals surface area contributed by atoms with E-state index < -0.39 is 0 Å². The molecule has 1 unspecified atom stereocenters. The van der Waals surface area contributed by atoms with Crippen LogP contribution < -0.4 is 5.32 Å². The van der Waals surface area contributed by atoms with Crippen molar-refractivity contribution in [2.75, 3.05) is 6.61 Å². The Morgan fingerprint density at radius 3 is 3.12 bits per heavy atom. The second-order valence-electron chi connectivity index (χ2n) is 4.16. The summed E-state index contributed by atoms with van der Waals surface area (Å²) in [6, 6.07) is 4.02. The van der Waals surface area contributed by atoms with Gasteiger partial charge in [0.2, 0.25) is 5.91 Å². The van der Waals surface area contributed by atoms with Crippen LogP contribution in [0.2, 0.25) is 0 Å². The van der Waals surface area contributed by atoms with E-state index >= 15 is 0 Å². The second kappa shape index (κ2) is 6.52. The molecule has 1 saturated heterocycles. The zero-order valence-electron chi connectivity index (χ0n) is 9.58. The normalized spacial score (nSPS) is 19.5. The van der Waals surface area contributed by atoms with Crippen molar-refractivity contribution in [1.82, 2.24) is 5.32 Å². The van der Waals surface area contributed by atoms with Gasteiger partial charge in [-0.25, -0.2) is 0 Å². The van der Waals surface area contributed by atoms with Gasteiger partial charge in [-0.2, -0.15) is 0 Å². The first-order valence-electron chi connectivity index (χ1n) is 5.86. The summed E-state index contributed by atoms with van der Waals surface area (Å²) in [6.07, 6.45) is 3.95. The van der Waals surface area contributed by atoms with E-state index in [9.17, 15) is 4.79 Å². The molecular formula is C12H16BrNO2S. The number of carbonyl (C=O) groups excluding carboxylic acids is 1. The fraction of sp³-hybridized carbons (Fsp3) is 0.583. The molecule has 1 aliphatic heterocycles. The van der Waals surface area contributed by atoms with Gasteiger partial charge in [-0.15, -0.1) is 11.3 Å². The molecule has 1 atom stereocenters. The van der Waals surface area contributed by atoms with Gasteiger partial charge in [-0.05, 0) is 47.3 Å². The van der Waals surface area contributed by atoms with E-state index in [0.717, 1.165) is 29.7 Å². The van der Waals surface area contributed by atoms with Gasteiger partial charge >= 0.3 is 0 Å². The van der Waals surface area contributed by atoms with E-state index in [4.69, 9.17) is 4.74 Å². The summed E-state index contributed by atoms with van der Waals surface area (Å²) >= 11 is 5.05. The summed E-state index contributed by atoms with van der Waals surface area (Å²) < 4.78 is 6.58. The minimum absolute atomic E-state index is 0.116. The molecule has 94 valence electrons. The lowest BCUT2D eigenvalue weighted by molar-refractivity contribution is -0.121. The largest absolute Gasteiger partial charge is 0.378 e. The third-order valence-electron chi connectivity index (χ3n) is 2.81. The number of nitrogens with one attached hydrogen (secondary N) is 1. The van der Waals surface area contributed by atoms with E-state index in [0.29, 0.717) is 19.1 Å². The van der Waals surface area contributed by atoms with Crippen molar-refractivity contribution < 1.29 is 9.53 Å². The molecular weight excluding hydrogens is 302 g/mol. The summed E-state index contributed by atoms with van der Waals surface area (Å²) in [5.74, 6) is 0.116. The van der Waals surface area contributed by atoms with Crippen molar-refractivity contribution in [1.29, 1.82) is 0 Å². The van der Waals surface area contributed by atoms with Gasteiger partial charge < -0.3 is 10.1 Å². The monoisotopic (exact) mass is 317 g/mol. The molecule has 1 N–H and O–H groups in total. The molecule has 2 heterocycles. The molecule has 5 heteroatoms. The Morgan fingerprint density at radius 2 is 2.47 bits per heavy atom. The van der Waals surface area contributed by atoms with E-state index in [2.05, 4.69) is 21.2 Å². The van der Waals surface area contributed by atoms with Crippen LogP contribution in [0.1, 0.15) is 30.6 Å². The first-order chi connectivity index (χ1) is 8.24. The minimum atomic E-state index is 0.116. The molecule has 0 saturated carbocycles. The zero-order chi connectivity index (χ0) is 12.1. The Kier molecular flexibility index (Phi) is 5.00. The Hall–Kier alpha value is -0.390. The number of carbonyl (C=O) groups is 1. The Bertz CT molecular complexity index is 374. The van der Waals surface area contributed by atoms with Gasteiger partial charge in [-0.3, -0.25) is 4.79 Å². The molecule has 1 aromatic heterocycles. The van der Waals surface area contributed by atoms with Gasteiger partial charge in [0.05, 0.1) is 16.4 Å². The Balaban J connectivity index is 1.63. The van der Waals surface area contributed by atoms with Crippen molar-refractivity contribution in [3.63, 3.8) is 0 Å². The van der Waals surface area contributed by atoms with Gasteiger partial charge in [-0.1, -0.05) is 0 Å². The number of hydrogen-bond donors (Lipinski definition) is 1. The maximum absolute atomic E-state index is 11.6. The van der Waals surface area contributed by atoms with Gasteiger partial charge in [0.1, 0.15) is 0 Å². The van der Waals surface area contributed by atoms with E-state index in [1.165, 1.54) is 4.88 Å². The van der Waals surface area contributed by atoms with E-state index in [-0.39, 0.29) is 5.91 Å². The molecule has 3 nitrogen and oxygen atoms in total.